The smallest absolute Gasteiger partial charge is 0.243 e. The van der Waals surface area contributed by atoms with Gasteiger partial charge in [-0.05, 0) is 47.1 Å². The molecule has 0 radical (unpaired) electrons. The van der Waals surface area contributed by atoms with E-state index in [4.69, 9.17) is 4.74 Å². The van der Waals surface area contributed by atoms with Crippen molar-refractivity contribution in [1.82, 2.24) is 15.0 Å². The minimum Gasteiger partial charge on any atom is -0.497 e. The molecule has 7 nitrogen and oxygen atoms in total. The van der Waals surface area contributed by atoms with Crippen molar-refractivity contribution in [2.24, 2.45) is 0 Å². The summed E-state index contributed by atoms with van der Waals surface area (Å²) in [5.74, 6) is 0.710. The van der Waals surface area contributed by atoms with Crippen LogP contribution in [0.4, 0.5) is 0 Å². The average Bonchev–Trinajstić information content (AvgIpc) is 3.02. The van der Waals surface area contributed by atoms with E-state index in [0.29, 0.717) is 11.3 Å². The number of fused-ring (bicyclic) bond motifs is 1. The quantitative estimate of drug-likeness (QED) is 0.770. The highest BCUT2D eigenvalue weighted by Crippen LogP contribution is 2.23. The Morgan fingerprint density at radius 2 is 1.87 bits per heavy atom. The Morgan fingerprint density at radius 3 is 2.57 bits per heavy atom. The third-order valence-corrected chi connectivity index (χ3v) is 5.06. The molecule has 0 spiro atoms. The number of aromatic nitrogens is 2. The number of rotatable bonds is 5. The van der Waals surface area contributed by atoms with E-state index in [1.807, 2.05) is 12.1 Å². The summed E-state index contributed by atoms with van der Waals surface area (Å²) in [5, 5.41) is 7.32. The second kappa shape index (κ2) is 5.98. The molecule has 0 amide bonds. The molecule has 1 atom stereocenters. The van der Waals surface area contributed by atoms with Crippen molar-refractivity contribution in [2.45, 2.75) is 17.9 Å². The van der Waals surface area contributed by atoms with E-state index >= 15 is 0 Å². The summed E-state index contributed by atoms with van der Waals surface area (Å²) in [7, 11) is -2.19. The van der Waals surface area contributed by atoms with Gasteiger partial charge in [0.15, 0.2) is 5.52 Å². The van der Waals surface area contributed by atoms with Crippen LogP contribution in [-0.4, -0.2) is 25.8 Å². The lowest BCUT2D eigenvalue weighted by atomic mass is 10.1. The third-order valence-electron chi connectivity index (χ3n) is 3.49. The maximum atomic E-state index is 12.6. The van der Waals surface area contributed by atoms with Crippen LogP contribution in [0.3, 0.4) is 0 Å². The molecule has 1 N–H and O–H groups in total. The van der Waals surface area contributed by atoms with E-state index in [2.05, 4.69) is 19.7 Å². The zero-order chi connectivity index (χ0) is 16.4. The van der Waals surface area contributed by atoms with Gasteiger partial charge in [-0.25, -0.2) is 17.8 Å². The Labute approximate surface area is 133 Å². The van der Waals surface area contributed by atoms with Crippen molar-refractivity contribution in [1.29, 1.82) is 0 Å². The van der Waals surface area contributed by atoms with Crippen molar-refractivity contribution < 1.29 is 17.8 Å². The second-order valence-corrected chi connectivity index (χ2v) is 6.69. The molecular formula is C15H15N3O4S. The van der Waals surface area contributed by atoms with Crippen LogP contribution >= 0.6 is 0 Å². The first kappa shape index (κ1) is 15.4. The normalized spacial score (nSPS) is 13.1. The summed E-state index contributed by atoms with van der Waals surface area (Å²) in [6.45, 7) is 1.76. The van der Waals surface area contributed by atoms with E-state index in [1.54, 1.807) is 38.3 Å². The highest BCUT2D eigenvalue weighted by atomic mass is 32.2. The maximum Gasteiger partial charge on any atom is 0.243 e. The van der Waals surface area contributed by atoms with Crippen LogP contribution in [-0.2, 0) is 10.0 Å². The number of methoxy groups -OCH3 is 1. The molecule has 0 bridgehead atoms. The van der Waals surface area contributed by atoms with Gasteiger partial charge in [0.1, 0.15) is 16.2 Å². The van der Waals surface area contributed by atoms with Crippen molar-refractivity contribution in [2.75, 3.05) is 7.11 Å². The van der Waals surface area contributed by atoms with Gasteiger partial charge in [0.05, 0.1) is 7.11 Å². The van der Waals surface area contributed by atoms with Gasteiger partial charge in [0.2, 0.25) is 10.0 Å². The Bertz CT molecular complexity index is 919. The van der Waals surface area contributed by atoms with E-state index in [-0.39, 0.29) is 10.4 Å². The monoisotopic (exact) mass is 333 g/mol. The molecule has 3 aromatic rings. The standard InChI is InChI=1S/C15H15N3O4S/c1-10(11-6-8-12(21-2)9-7-11)18-23(19,20)14-5-3-4-13-15(14)17-22-16-13/h3-10,18H,1-2H3/t10-/m0/s1. The fourth-order valence-electron chi connectivity index (χ4n) is 2.26. The molecule has 0 unspecified atom stereocenters. The number of benzene rings is 2. The minimum absolute atomic E-state index is 0.0385. The van der Waals surface area contributed by atoms with Crippen molar-refractivity contribution in [3.63, 3.8) is 0 Å². The largest absolute Gasteiger partial charge is 0.497 e. The van der Waals surface area contributed by atoms with Gasteiger partial charge in [-0.2, -0.15) is 0 Å². The molecule has 8 heteroatoms. The summed E-state index contributed by atoms with van der Waals surface area (Å²) in [5.41, 5.74) is 1.42. The summed E-state index contributed by atoms with van der Waals surface area (Å²) >= 11 is 0. The van der Waals surface area contributed by atoms with Crippen LogP contribution in [0.25, 0.3) is 11.0 Å². The van der Waals surface area contributed by atoms with E-state index in [0.717, 1.165) is 5.56 Å². The minimum atomic E-state index is -3.76. The highest BCUT2D eigenvalue weighted by molar-refractivity contribution is 7.89. The topological polar surface area (TPSA) is 94.3 Å². The molecule has 0 fully saturated rings. The van der Waals surface area contributed by atoms with E-state index < -0.39 is 16.1 Å². The van der Waals surface area contributed by atoms with E-state index in [1.165, 1.54) is 6.07 Å². The molecule has 0 saturated carbocycles. The Hall–Kier alpha value is -2.45. The molecule has 120 valence electrons. The van der Waals surface area contributed by atoms with Crippen molar-refractivity contribution >= 4 is 21.1 Å². The number of nitrogens with zero attached hydrogens (tertiary/aromatic N) is 2. The average molecular weight is 333 g/mol. The van der Waals surface area contributed by atoms with Crippen LogP contribution in [0.2, 0.25) is 0 Å². The Kier molecular flexibility index (Phi) is 4.01. The zero-order valence-corrected chi connectivity index (χ0v) is 13.4. The lowest BCUT2D eigenvalue weighted by molar-refractivity contribution is 0.315. The number of ether oxygens (including phenoxy) is 1. The lowest BCUT2D eigenvalue weighted by Gasteiger charge is -2.15. The number of hydrogen-bond donors (Lipinski definition) is 1. The predicted octanol–water partition coefficient (Wildman–Crippen LogP) is 2.27. The van der Waals surface area contributed by atoms with Crippen LogP contribution in [0.1, 0.15) is 18.5 Å². The van der Waals surface area contributed by atoms with Crippen LogP contribution in [0, 0.1) is 0 Å². The molecule has 1 heterocycles. The first-order valence-electron chi connectivity index (χ1n) is 6.89. The van der Waals surface area contributed by atoms with Crippen LogP contribution < -0.4 is 9.46 Å². The molecule has 0 aliphatic heterocycles. The highest BCUT2D eigenvalue weighted by Gasteiger charge is 2.22. The molecule has 1 aromatic heterocycles. The van der Waals surface area contributed by atoms with Gasteiger partial charge in [-0.3, -0.25) is 0 Å². The number of hydrogen-bond acceptors (Lipinski definition) is 6. The van der Waals surface area contributed by atoms with Gasteiger partial charge in [0, 0.05) is 6.04 Å². The number of nitrogens with one attached hydrogen (secondary N) is 1. The van der Waals surface area contributed by atoms with Crippen molar-refractivity contribution in [3.8, 4) is 5.75 Å². The van der Waals surface area contributed by atoms with Gasteiger partial charge in [-0.1, -0.05) is 18.2 Å². The van der Waals surface area contributed by atoms with Crippen LogP contribution in [0.15, 0.2) is 52.0 Å². The molecule has 0 saturated heterocycles. The molecule has 2 aromatic carbocycles. The summed E-state index contributed by atoms with van der Waals surface area (Å²) < 4.78 is 37.5. The Morgan fingerprint density at radius 1 is 1.13 bits per heavy atom. The molecule has 3 rings (SSSR count). The fourth-order valence-corrected chi connectivity index (χ4v) is 3.64. The van der Waals surface area contributed by atoms with Gasteiger partial charge < -0.3 is 4.74 Å². The van der Waals surface area contributed by atoms with E-state index in [9.17, 15) is 8.42 Å². The maximum absolute atomic E-state index is 12.6. The van der Waals surface area contributed by atoms with Gasteiger partial charge in [-0.15, -0.1) is 0 Å². The SMILES string of the molecule is COc1ccc([C@H](C)NS(=O)(=O)c2cccc3nonc23)cc1. The van der Waals surface area contributed by atoms with Gasteiger partial charge >= 0.3 is 0 Å². The summed E-state index contributed by atoms with van der Waals surface area (Å²) in [6, 6.07) is 11.5. The first-order chi connectivity index (χ1) is 11.0. The molecule has 0 aliphatic carbocycles. The third kappa shape index (κ3) is 3.03. The second-order valence-electron chi connectivity index (χ2n) is 5.00. The van der Waals surface area contributed by atoms with Crippen molar-refractivity contribution in [3.05, 3.63) is 48.0 Å². The summed E-state index contributed by atoms with van der Waals surface area (Å²) in [4.78, 5) is 0.0385. The zero-order valence-electron chi connectivity index (χ0n) is 12.6. The lowest BCUT2D eigenvalue weighted by Crippen LogP contribution is -2.27. The summed E-state index contributed by atoms with van der Waals surface area (Å²) in [6.07, 6.45) is 0. The predicted molar refractivity (Wildman–Crippen MR) is 83.5 cm³/mol. The first-order valence-corrected chi connectivity index (χ1v) is 8.37. The fraction of sp³-hybridized carbons (Fsp3) is 0.200. The Balaban J connectivity index is 1.89. The molecule has 0 aliphatic rings. The molecular weight excluding hydrogens is 318 g/mol. The molecule has 23 heavy (non-hydrogen) atoms. The van der Waals surface area contributed by atoms with Crippen LogP contribution in [0.5, 0.6) is 5.75 Å². The number of sulfonamides is 1. The van der Waals surface area contributed by atoms with Gasteiger partial charge in [0.25, 0.3) is 0 Å².